The molecule has 0 aromatic carbocycles. The molecule has 0 fully saturated rings. The lowest BCUT2D eigenvalue weighted by Crippen LogP contribution is -2.31. The first kappa shape index (κ1) is 25.7. The van der Waals surface area contributed by atoms with Gasteiger partial charge in [0.2, 0.25) is 0 Å². The highest BCUT2D eigenvalue weighted by Gasteiger charge is 2.09. The van der Waals surface area contributed by atoms with Gasteiger partial charge in [-0.1, -0.05) is 68.7 Å². The van der Waals surface area contributed by atoms with Crippen LogP contribution in [0.15, 0.2) is 0 Å². The Kier molecular flexibility index (Phi) is 45.0. The summed E-state index contributed by atoms with van der Waals surface area (Å²) in [5.74, 6) is 0. The van der Waals surface area contributed by atoms with Crippen LogP contribution in [0.1, 0.15) is 88.0 Å². The number of hydrogen-bond acceptors (Lipinski definition) is 1. The molecule has 0 aliphatic rings. The van der Waals surface area contributed by atoms with Crippen molar-refractivity contribution >= 4 is 0 Å². The van der Waals surface area contributed by atoms with E-state index in [0.717, 1.165) is 6.04 Å². The average molecular weight is 248 g/mol. The van der Waals surface area contributed by atoms with E-state index >= 15 is 0 Å². The fourth-order valence-corrected chi connectivity index (χ4v) is 1.60. The molecule has 0 rings (SSSR count). The Hall–Kier alpha value is -0.0400. The van der Waals surface area contributed by atoms with Gasteiger partial charge in [-0.3, -0.25) is 0 Å². The van der Waals surface area contributed by atoms with Crippen molar-refractivity contribution in [3.63, 3.8) is 0 Å². The standard InChI is InChI=1S/C10H23N.3C2H6/c1-5-8-10(7-3)11(4)9-6-2;3*1-2/h10H,5-9H2,1-4H3;3*1-2H3. The largest absolute Gasteiger partial charge is 0.303 e. The van der Waals surface area contributed by atoms with Gasteiger partial charge >= 0.3 is 0 Å². The fourth-order valence-electron chi connectivity index (χ4n) is 1.60. The maximum absolute atomic E-state index is 2.49. The van der Waals surface area contributed by atoms with Crippen molar-refractivity contribution in [3.8, 4) is 0 Å². The van der Waals surface area contributed by atoms with Gasteiger partial charge in [-0.15, -0.1) is 0 Å². The maximum Gasteiger partial charge on any atom is 0.00894 e. The Morgan fingerprint density at radius 1 is 0.765 bits per heavy atom. The zero-order chi connectivity index (χ0) is 14.7. The van der Waals surface area contributed by atoms with E-state index in [1.165, 1.54) is 32.2 Å². The molecule has 0 N–H and O–H groups in total. The zero-order valence-electron chi connectivity index (χ0n) is 14.6. The van der Waals surface area contributed by atoms with E-state index in [-0.39, 0.29) is 0 Å². The van der Waals surface area contributed by atoms with Gasteiger partial charge in [0.15, 0.2) is 0 Å². The minimum Gasteiger partial charge on any atom is -0.303 e. The van der Waals surface area contributed by atoms with E-state index in [1.54, 1.807) is 0 Å². The van der Waals surface area contributed by atoms with Crippen LogP contribution in [0.3, 0.4) is 0 Å². The Labute approximate surface area is 113 Å². The second-order valence-electron chi connectivity index (χ2n) is 3.33. The Bertz CT molecular complexity index is 81.6. The highest BCUT2D eigenvalue weighted by atomic mass is 15.1. The number of rotatable bonds is 6. The van der Waals surface area contributed by atoms with Crippen molar-refractivity contribution in [2.24, 2.45) is 0 Å². The van der Waals surface area contributed by atoms with Crippen LogP contribution >= 0.6 is 0 Å². The molecule has 0 aliphatic heterocycles. The van der Waals surface area contributed by atoms with Crippen molar-refractivity contribution in [2.45, 2.75) is 94.0 Å². The molecule has 0 aromatic rings. The summed E-state index contributed by atoms with van der Waals surface area (Å²) in [7, 11) is 2.24. The van der Waals surface area contributed by atoms with Gasteiger partial charge in [0.05, 0.1) is 0 Å². The summed E-state index contributed by atoms with van der Waals surface area (Å²) in [4.78, 5) is 2.49. The lowest BCUT2D eigenvalue weighted by Gasteiger charge is -2.26. The molecule has 110 valence electrons. The van der Waals surface area contributed by atoms with Crippen molar-refractivity contribution in [1.82, 2.24) is 4.90 Å². The maximum atomic E-state index is 2.49. The van der Waals surface area contributed by atoms with Crippen LogP contribution in [0.2, 0.25) is 0 Å². The van der Waals surface area contributed by atoms with Crippen LogP contribution in [-0.4, -0.2) is 24.5 Å². The second-order valence-corrected chi connectivity index (χ2v) is 3.33. The molecular weight excluding hydrogens is 206 g/mol. The highest BCUT2D eigenvalue weighted by Crippen LogP contribution is 2.08. The van der Waals surface area contributed by atoms with E-state index in [9.17, 15) is 0 Å². The topological polar surface area (TPSA) is 3.24 Å². The predicted molar refractivity (Wildman–Crippen MR) is 86.0 cm³/mol. The Morgan fingerprint density at radius 3 is 1.41 bits per heavy atom. The van der Waals surface area contributed by atoms with Gasteiger partial charge in [0, 0.05) is 6.04 Å². The quantitative estimate of drug-likeness (QED) is 0.557. The monoisotopic (exact) mass is 247 g/mol. The first-order valence-corrected chi connectivity index (χ1v) is 7.96. The van der Waals surface area contributed by atoms with Crippen LogP contribution < -0.4 is 0 Å². The van der Waals surface area contributed by atoms with Crippen LogP contribution in [0, 0.1) is 0 Å². The number of nitrogens with zero attached hydrogens (tertiary/aromatic N) is 1. The second kappa shape index (κ2) is 29.7. The molecule has 0 saturated carbocycles. The summed E-state index contributed by atoms with van der Waals surface area (Å²) < 4.78 is 0. The van der Waals surface area contributed by atoms with Gasteiger partial charge in [0.25, 0.3) is 0 Å². The third kappa shape index (κ3) is 21.7. The van der Waals surface area contributed by atoms with Crippen molar-refractivity contribution in [2.75, 3.05) is 13.6 Å². The molecule has 1 atom stereocenters. The van der Waals surface area contributed by atoms with Gasteiger partial charge in [0.1, 0.15) is 0 Å². The zero-order valence-corrected chi connectivity index (χ0v) is 14.6. The average Bonchev–Trinajstić information content (AvgIpc) is 2.43. The van der Waals surface area contributed by atoms with Crippen LogP contribution in [0.4, 0.5) is 0 Å². The van der Waals surface area contributed by atoms with E-state index < -0.39 is 0 Å². The van der Waals surface area contributed by atoms with Crippen molar-refractivity contribution < 1.29 is 0 Å². The molecule has 0 saturated heterocycles. The summed E-state index contributed by atoms with van der Waals surface area (Å²) in [6.07, 6.45) is 5.24. The van der Waals surface area contributed by atoms with E-state index in [1.807, 2.05) is 41.5 Å². The van der Waals surface area contributed by atoms with Gasteiger partial charge < -0.3 is 4.90 Å². The molecule has 0 bridgehead atoms. The van der Waals surface area contributed by atoms with Crippen LogP contribution in [0.25, 0.3) is 0 Å². The minimum absolute atomic E-state index is 0.819. The molecule has 1 unspecified atom stereocenters. The van der Waals surface area contributed by atoms with Crippen molar-refractivity contribution in [3.05, 3.63) is 0 Å². The van der Waals surface area contributed by atoms with E-state index in [0.29, 0.717) is 0 Å². The lowest BCUT2D eigenvalue weighted by molar-refractivity contribution is 0.223. The molecule has 1 heteroatoms. The minimum atomic E-state index is 0.819. The molecule has 0 amide bonds. The lowest BCUT2D eigenvalue weighted by atomic mass is 10.1. The normalized spacial score (nSPS) is 10.1. The van der Waals surface area contributed by atoms with Crippen molar-refractivity contribution in [1.29, 1.82) is 0 Å². The molecular formula is C16H41N. The molecule has 1 nitrogen and oxygen atoms in total. The van der Waals surface area contributed by atoms with Crippen LogP contribution in [0.5, 0.6) is 0 Å². The van der Waals surface area contributed by atoms with E-state index in [4.69, 9.17) is 0 Å². The molecule has 0 aromatic heterocycles. The first-order chi connectivity index (χ1) is 8.26. The summed E-state index contributed by atoms with van der Waals surface area (Å²) in [6.45, 7) is 20.0. The molecule has 0 aliphatic carbocycles. The SMILES string of the molecule is CC.CC.CC.CCCC(CC)N(C)CCC. The fraction of sp³-hybridized carbons (Fsp3) is 1.00. The molecule has 0 radical (unpaired) electrons. The summed E-state index contributed by atoms with van der Waals surface area (Å²) >= 11 is 0. The first-order valence-electron chi connectivity index (χ1n) is 7.96. The van der Waals surface area contributed by atoms with Gasteiger partial charge in [-0.05, 0) is 32.9 Å². The molecule has 0 heterocycles. The predicted octanol–water partition coefficient (Wildman–Crippen LogP) is 5.99. The van der Waals surface area contributed by atoms with Gasteiger partial charge in [-0.25, -0.2) is 0 Å². The highest BCUT2D eigenvalue weighted by molar-refractivity contribution is 4.65. The summed E-state index contributed by atoms with van der Waals surface area (Å²) in [6, 6.07) is 0.819. The molecule has 17 heavy (non-hydrogen) atoms. The summed E-state index contributed by atoms with van der Waals surface area (Å²) in [5.41, 5.74) is 0. The third-order valence-corrected chi connectivity index (χ3v) is 2.29. The number of hydrogen-bond donors (Lipinski definition) is 0. The van der Waals surface area contributed by atoms with E-state index in [2.05, 4.69) is 32.7 Å². The van der Waals surface area contributed by atoms with Crippen LogP contribution in [-0.2, 0) is 0 Å². The molecule has 0 spiro atoms. The Balaban J connectivity index is -0.000000121. The van der Waals surface area contributed by atoms with Gasteiger partial charge in [-0.2, -0.15) is 0 Å². The smallest absolute Gasteiger partial charge is 0.00894 e. The third-order valence-electron chi connectivity index (χ3n) is 2.29. The summed E-state index contributed by atoms with van der Waals surface area (Å²) in [5, 5.41) is 0. The Morgan fingerprint density at radius 2 is 1.18 bits per heavy atom.